The van der Waals surface area contributed by atoms with Gasteiger partial charge in [0.25, 0.3) is 0 Å². The van der Waals surface area contributed by atoms with Gasteiger partial charge in [0.05, 0.1) is 0 Å². The zero-order chi connectivity index (χ0) is 24.3. The Hall–Kier alpha value is -0.630. The second kappa shape index (κ2) is 13.9. The van der Waals surface area contributed by atoms with Gasteiger partial charge in [0, 0.05) is 0 Å². The van der Waals surface area contributed by atoms with E-state index in [1.165, 1.54) is 69.8 Å². The molecule has 4 heteroatoms. The molecule has 0 aliphatic heterocycles. The monoisotopic (exact) mass is 468 g/mol. The van der Waals surface area contributed by atoms with Gasteiger partial charge in [-0.05, 0) is 0 Å². The minimum atomic E-state index is -3.71. The molecule has 0 atom stereocenters. The molecule has 1 aromatic rings. The molecule has 32 heavy (non-hydrogen) atoms. The van der Waals surface area contributed by atoms with E-state index in [4.69, 9.17) is 4.52 Å². The molecule has 0 aliphatic carbocycles. The van der Waals surface area contributed by atoms with Gasteiger partial charge in [-0.2, -0.15) is 0 Å². The van der Waals surface area contributed by atoms with Crippen molar-refractivity contribution in [2.45, 2.75) is 136 Å². The van der Waals surface area contributed by atoms with Crippen LogP contribution in [0.5, 0.6) is 5.75 Å². The maximum atomic E-state index is 10.6. The third kappa shape index (κ3) is 12.0. The van der Waals surface area contributed by atoms with E-state index in [1.807, 2.05) is 6.07 Å². The van der Waals surface area contributed by atoms with Crippen molar-refractivity contribution in [2.24, 2.45) is 0 Å². The maximum absolute atomic E-state index is 10.6. The molecule has 2 N–H and O–H groups in total. The summed E-state index contributed by atoms with van der Waals surface area (Å²) in [6.07, 6.45) is 15.5. The molecule has 0 fully saturated rings. The molecule has 0 saturated heterocycles. The summed E-state index contributed by atoms with van der Waals surface area (Å²) in [7, 11) is -3.71. The van der Waals surface area contributed by atoms with E-state index < -0.39 is 7.94 Å². The molecular formula is C28H53O3P. The Balaban J connectivity index is 2.41. The van der Waals surface area contributed by atoms with Gasteiger partial charge in [0.15, 0.2) is 0 Å². The Morgan fingerprint density at radius 2 is 1.16 bits per heavy atom. The average Bonchev–Trinajstić information content (AvgIpc) is 2.67. The number of hydrogen-bond acceptors (Lipinski definition) is 3. The Labute approximate surface area is 200 Å². The van der Waals surface area contributed by atoms with Crippen molar-refractivity contribution in [3.63, 3.8) is 0 Å². The molecule has 0 radical (unpaired) electrons. The van der Waals surface area contributed by atoms with Crippen LogP contribution in [0.4, 0.5) is 0 Å². The van der Waals surface area contributed by atoms with Gasteiger partial charge in [0.2, 0.25) is 0 Å². The van der Waals surface area contributed by atoms with Crippen LogP contribution in [0.15, 0.2) is 18.2 Å². The summed E-state index contributed by atoms with van der Waals surface area (Å²) in [5, 5.41) is 0. The Morgan fingerprint density at radius 1 is 0.688 bits per heavy atom. The normalized spacial score (nSPS) is 13.4. The number of rotatable bonds is 15. The van der Waals surface area contributed by atoms with Crippen molar-refractivity contribution >= 4 is 7.94 Å². The van der Waals surface area contributed by atoms with Crippen LogP contribution in [0.2, 0.25) is 0 Å². The number of benzene rings is 1. The molecule has 0 amide bonds. The van der Waals surface area contributed by atoms with E-state index in [1.54, 1.807) is 0 Å². The molecule has 3 nitrogen and oxygen atoms in total. The average molecular weight is 469 g/mol. The van der Waals surface area contributed by atoms with E-state index in [-0.39, 0.29) is 10.8 Å². The Bertz CT molecular complexity index is 641. The molecule has 0 heterocycles. The van der Waals surface area contributed by atoms with E-state index in [0.29, 0.717) is 11.9 Å². The molecular weight excluding hydrogens is 415 g/mol. The third-order valence-corrected chi connectivity index (χ3v) is 7.83. The zero-order valence-electron chi connectivity index (χ0n) is 22.2. The second-order valence-corrected chi connectivity index (χ2v) is 13.9. The van der Waals surface area contributed by atoms with Gasteiger partial charge in [-0.15, -0.1) is 0 Å². The van der Waals surface area contributed by atoms with Crippen LogP contribution >= 0.6 is 7.94 Å². The van der Waals surface area contributed by atoms with E-state index >= 15 is 0 Å². The van der Waals surface area contributed by atoms with Crippen molar-refractivity contribution in [1.82, 2.24) is 0 Å². The first-order valence-electron chi connectivity index (χ1n) is 13.2. The van der Waals surface area contributed by atoms with Crippen LogP contribution in [0, 0.1) is 0 Å². The number of hydrogen-bond donors (Lipinski definition) is 2. The van der Waals surface area contributed by atoms with Crippen LogP contribution in [0.1, 0.15) is 137 Å². The van der Waals surface area contributed by atoms with Gasteiger partial charge in [-0.3, -0.25) is 0 Å². The summed E-state index contributed by atoms with van der Waals surface area (Å²) in [4.78, 5) is 21.2. The van der Waals surface area contributed by atoms with Crippen molar-refractivity contribution in [2.75, 3.05) is 6.16 Å². The minimum absolute atomic E-state index is 0.0422. The van der Waals surface area contributed by atoms with E-state index in [2.05, 4.69) is 60.6 Å². The SMILES string of the molecule is CCCCCCCCCCCCCC[PH](O)(O)Oc1ccc(C(C)(C)C)cc1C(C)(C)C. The van der Waals surface area contributed by atoms with Crippen LogP contribution in [0.25, 0.3) is 0 Å². The summed E-state index contributed by atoms with van der Waals surface area (Å²) in [6, 6.07) is 6.15. The van der Waals surface area contributed by atoms with Gasteiger partial charge in [-0.1, -0.05) is 13.3 Å². The summed E-state index contributed by atoms with van der Waals surface area (Å²) in [5.41, 5.74) is 2.19. The zero-order valence-corrected chi connectivity index (χ0v) is 23.2. The number of unbranched alkanes of at least 4 members (excludes halogenated alkanes) is 11. The first kappa shape index (κ1) is 29.4. The van der Waals surface area contributed by atoms with Crippen molar-refractivity contribution in [3.05, 3.63) is 29.3 Å². The van der Waals surface area contributed by atoms with Crippen LogP contribution in [-0.2, 0) is 10.8 Å². The molecule has 0 aromatic heterocycles. The first-order chi connectivity index (χ1) is 14.9. The molecule has 1 rings (SSSR count). The fraction of sp³-hybridized carbons (Fsp3) is 0.786. The molecule has 0 unspecified atom stereocenters. The van der Waals surface area contributed by atoms with Crippen molar-refractivity contribution in [1.29, 1.82) is 0 Å². The standard InChI is InChI=1S/C28H53O3P/c1-8-9-10-11-12-13-14-15-16-17-18-19-22-32(29,30)31-26-21-20-24(27(2,3)4)23-25(26)28(5,6)7/h20-21,23,29-30,32H,8-19,22H2,1-7H3. The van der Waals surface area contributed by atoms with Gasteiger partial charge >= 0.3 is 186 Å². The van der Waals surface area contributed by atoms with E-state index in [9.17, 15) is 9.79 Å². The molecule has 1 aromatic carbocycles. The van der Waals surface area contributed by atoms with Crippen LogP contribution < -0.4 is 4.52 Å². The topological polar surface area (TPSA) is 49.7 Å². The predicted molar refractivity (Wildman–Crippen MR) is 143 cm³/mol. The predicted octanol–water partition coefficient (Wildman–Crippen LogP) is 8.84. The molecule has 0 bridgehead atoms. The molecule has 0 aliphatic rings. The molecule has 0 spiro atoms. The fourth-order valence-corrected chi connectivity index (χ4v) is 5.44. The summed E-state index contributed by atoms with van der Waals surface area (Å²) >= 11 is 0. The second-order valence-electron chi connectivity index (χ2n) is 11.7. The summed E-state index contributed by atoms with van der Waals surface area (Å²) < 4.78 is 5.88. The van der Waals surface area contributed by atoms with Gasteiger partial charge < -0.3 is 0 Å². The summed E-state index contributed by atoms with van der Waals surface area (Å²) in [5.74, 6) is 0.626. The first-order valence-corrected chi connectivity index (χ1v) is 15.2. The van der Waals surface area contributed by atoms with Crippen LogP contribution in [0.3, 0.4) is 0 Å². The van der Waals surface area contributed by atoms with Crippen LogP contribution in [-0.4, -0.2) is 15.9 Å². The summed E-state index contributed by atoms with van der Waals surface area (Å²) in [6.45, 7) is 15.3. The molecule has 0 saturated carbocycles. The fourth-order valence-electron chi connectivity index (χ4n) is 4.10. The third-order valence-electron chi connectivity index (χ3n) is 6.28. The molecule has 188 valence electrons. The quantitative estimate of drug-likeness (QED) is 0.200. The van der Waals surface area contributed by atoms with Crippen molar-refractivity contribution in [3.8, 4) is 5.75 Å². The van der Waals surface area contributed by atoms with E-state index in [0.717, 1.165) is 18.4 Å². The Morgan fingerprint density at radius 3 is 1.59 bits per heavy atom. The Kier molecular flexibility index (Phi) is 12.8. The van der Waals surface area contributed by atoms with Crippen molar-refractivity contribution < 1.29 is 14.3 Å². The van der Waals surface area contributed by atoms with Gasteiger partial charge in [-0.25, -0.2) is 0 Å². The van der Waals surface area contributed by atoms with Gasteiger partial charge in [0.1, 0.15) is 0 Å².